The minimum atomic E-state index is 0.319. The summed E-state index contributed by atoms with van der Waals surface area (Å²) in [5, 5.41) is 0. The van der Waals surface area contributed by atoms with E-state index < -0.39 is 0 Å². The highest BCUT2D eigenvalue weighted by Gasteiger charge is 2.60. The van der Waals surface area contributed by atoms with E-state index >= 15 is 0 Å². The summed E-state index contributed by atoms with van der Waals surface area (Å²) in [6.07, 6.45) is 11.0. The van der Waals surface area contributed by atoms with Crippen molar-refractivity contribution < 1.29 is 9.53 Å². The first-order valence-corrected chi connectivity index (χ1v) is 11.7. The van der Waals surface area contributed by atoms with Crippen molar-refractivity contribution in [3.63, 3.8) is 0 Å². The predicted molar refractivity (Wildman–Crippen MR) is 112 cm³/mol. The van der Waals surface area contributed by atoms with E-state index in [-0.39, 0.29) is 0 Å². The molecule has 0 heterocycles. The highest BCUT2D eigenvalue weighted by molar-refractivity contribution is 5.79. The van der Waals surface area contributed by atoms with Crippen LogP contribution in [0.4, 0.5) is 0 Å². The molecular formula is C26H36O2. The molecule has 0 radical (unpaired) electrons. The molecule has 5 rings (SSSR count). The van der Waals surface area contributed by atoms with Crippen LogP contribution in [-0.2, 0) is 4.79 Å². The number of ketones is 1. The molecule has 152 valence electrons. The third kappa shape index (κ3) is 2.77. The minimum absolute atomic E-state index is 0.319. The number of benzene rings is 1. The lowest BCUT2D eigenvalue weighted by Crippen LogP contribution is -2.54. The van der Waals surface area contributed by atoms with E-state index in [4.69, 9.17) is 4.74 Å². The van der Waals surface area contributed by atoms with Gasteiger partial charge in [-0.25, -0.2) is 0 Å². The summed E-state index contributed by atoms with van der Waals surface area (Å²) in [5.41, 5.74) is 2.02. The molecule has 0 aliphatic heterocycles. The molecule has 0 N–H and O–H groups in total. The second-order valence-corrected chi connectivity index (χ2v) is 10.9. The molecule has 1 aromatic rings. The summed E-state index contributed by atoms with van der Waals surface area (Å²) in [6.45, 7) is 7.20. The van der Waals surface area contributed by atoms with Gasteiger partial charge in [0.15, 0.2) is 0 Å². The molecule has 4 fully saturated rings. The maximum atomic E-state index is 12.1. The quantitative estimate of drug-likeness (QED) is 0.597. The van der Waals surface area contributed by atoms with Gasteiger partial charge in [0.05, 0.1) is 0 Å². The third-order valence-corrected chi connectivity index (χ3v) is 9.69. The fourth-order valence-electron chi connectivity index (χ4n) is 7.97. The fourth-order valence-corrected chi connectivity index (χ4v) is 7.97. The van der Waals surface area contributed by atoms with Crippen LogP contribution in [-0.4, -0.2) is 11.9 Å². The van der Waals surface area contributed by atoms with Gasteiger partial charge in [-0.1, -0.05) is 31.5 Å². The highest BCUT2D eigenvalue weighted by atomic mass is 16.5. The van der Waals surface area contributed by atoms with Crippen molar-refractivity contribution in [3.05, 3.63) is 29.8 Å². The van der Waals surface area contributed by atoms with Crippen molar-refractivity contribution in [3.8, 4) is 5.75 Å². The maximum Gasteiger partial charge on any atom is 0.133 e. The molecular weight excluding hydrogens is 344 g/mol. The summed E-state index contributed by atoms with van der Waals surface area (Å²) < 4.78 is 6.58. The highest BCUT2D eigenvalue weighted by Crippen LogP contribution is 2.66. The molecule has 1 aromatic carbocycles. The number of hydrogen-bond acceptors (Lipinski definition) is 2. The monoisotopic (exact) mass is 380 g/mol. The van der Waals surface area contributed by atoms with Gasteiger partial charge < -0.3 is 4.74 Å². The van der Waals surface area contributed by atoms with E-state index in [2.05, 4.69) is 45.0 Å². The second-order valence-electron chi connectivity index (χ2n) is 10.9. The van der Waals surface area contributed by atoms with Gasteiger partial charge in [0, 0.05) is 18.3 Å². The van der Waals surface area contributed by atoms with Gasteiger partial charge in [0.25, 0.3) is 0 Å². The number of ether oxygens (including phenoxy) is 1. The molecule has 4 aliphatic carbocycles. The Balaban J connectivity index is 1.36. The summed E-state index contributed by atoms with van der Waals surface area (Å²) >= 11 is 0. The minimum Gasteiger partial charge on any atom is -0.490 e. The normalized spacial score (nSPS) is 45.1. The number of aryl methyl sites for hydroxylation is 1. The number of carbonyl (C=O) groups is 1. The van der Waals surface area contributed by atoms with E-state index in [1.807, 2.05) is 0 Å². The van der Waals surface area contributed by atoms with E-state index in [1.165, 1.54) is 44.1 Å². The molecule has 0 amide bonds. The Morgan fingerprint density at radius 2 is 1.64 bits per heavy atom. The van der Waals surface area contributed by atoms with Crippen molar-refractivity contribution in [2.75, 3.05) is 0 Å². The van der Waals surface area contributed by atoms with Crippen LogP contribution in [0.2, 0.25) is 0 Å². The Bertz CT molecular complexity index is 752. The summed E-state index contributed by atoms with van der Waals surface area (Å²) in [4.78, 5) is 12.1. The van der Waals surface area contributed by atoms with Crippen LogP contribution in [0.5, 0.6) is 5.75 Å². The largest absolute Gasteiger partial charge is 0.490 e. The van der Waals surface area contributed by atoms with E-state index in [9.17, 15) is 4.79 Å². The molecule has 0 saturated heterocycles. The molecule has 0 bridgehead atoms. The lowest BCUT2D eigenvalue weighted by Gasteiger charge is -2.60. The van der Waals surface area contributed by atoms with Crippen LogP contribution >= 0.6 is 0 Å². The van der Waals surface area contributed by atoms with Crippen LogP contribution in [0.25, 0.3) is 0 Å². The Morgan fingerprint density at radius 1 is 0.893 bits per heavy atom. The van der Waals surface area contributed by atoms with Gasteiger partial charge in [0.1, 0.15) is 17.6 Å². The first kappa shape index (κ1) is 18.7. The lowest BCUT2D eigenvalue weighted by molar-refractivity contribution is -0.141. The van der Waals surface area contributed by atoms with Crippen LogP contribution in [0, 0.1) is 41.4 Å². The number of carbonyl (C=O) groups excluding carboxylic acids is 1. The van der Waals surface area contributed by atoms with Crippen LogP contribution in [0.1, 0.15) is 77.2 Å². The number of Topliss-reactive ketones (excluding diaryl/α,β-unsaturated/α-hetero) is 1. The number of hydrogen-bond donors (Lipinski definition) is 0. The van der Waals surface area contributed by atoms with Crippen LogP contribution < -0.4 is 4.74 Å². The molecule has 4 aliphatic rings. The van der Waals surface area contributed by atoms with Gasteiger partial charge in [0.2, 0.25) is 0 Å². The van der Waals surface area contributed by atoms with E-state index in [0.29, 0.717) is 28.6 Å². The molecule has 2 nitrogen and oxygen atoms in total. The average Bonchev–Trinajstić information content (AvgIpc) is 3.00. The van der Waals surface area contributed by atoms with E-state index in [0.717, 1.165) is 42.8 Å². The van der Waals surface area contributed by atoms with Crippen molar-refractivity contribution in [1.29, 1.82) is 0 Å². The van der Waals surface area contributed by atoms with Gasteiger partial charge in [-0.15, -0.1) is 0 Å². The lowest BCUT2D eigenvalue weighted by atomic mass is 9.45. The maximum absolute atomic E-state index is 12.1. The van der Waals surface area contributed by atoms with E-state index in [1.54, 1.807) is 0 Å². The number of fused-ring (bicyclic) bond motifs is 5. The molecule has 0 spiro atoms. The molecule has 4 saturated carbocycles. The fraction of sp³-hybridized carbons (Fsp3) is 0.731. The average molecular weight is 381 g/mol. The van der Waals surface area contributed by atoms with Crippen molar-refractivity contribution >= 4 is 5.78 Å². The summed E-state index contributed by atoms with van der Waals surface area (Å²) in [6, 6.07) is 8.60. The first-order chi connectivity index (χ1) is 13.4. The summed E-state index contributed by atoms with van der Waals surface area (Å²) in [7, 11) is 0. The van der Waals surface area contributed by atoms with Crippen molar-refractivity contribution in [1.82, 2.24) is 0 Å². The predicted octanol–water partition coefficient (Wildman–Crippen LogP) is 6.35. The van der Waals surface area contributed by atoms with Gasteiger partial charge in [-0.2, -0.15) is 0 Å². The van der Waals surface area contributed by atoms with Gasteiger partial charge in [-0.3, -0.25) is 4.79 Å². The molecule has 7 atom stereocenters. The molecule has 2 heteroatoms. The standard InChI is InChI=1S/C26H36O2/c1-17-4-7-20(8-5-17)28-24-11-10-22-21-9-6-18-16-19(27)12-14-25(18,2)23(21)13-15-26(22,24)3/h4-5,7-8,18,21-24H,6,9-16H2,1-3H3/t18-,21-,22-,23+,24-,25+,26+/m1/s1. The number of rotatable bonds is 2. The topological polar surface area (TPSA) is 26.3 Å². The first-order valence-electron chi connectivity index (χ1n) is 11.7. The zero-order chi connectivity index (χ0) is 19.5. The summed E-state index contributed by atoms with van der Waals surface area (Å²) in [5.74, 6) is 4.70. The Kier molecular flexibility index (Phi) is 4.41. The third-order valence-electron chi connectivity index (χ3n) is 9.69. The molecule has 0 aromatic heterocycles. The smallest absolute Gasteiger partial charge is 0.133 e. The second kappa shape index (κ2) is 6.61. The Hall–Kier alpha value is -1.31. The molecule has 28 heavy (non-hydrogen) atoms. The van der Waals surface area contributed by atoms with Gasteiger partial charge in [-0.05, 0) is 93.1 Å². The zero-order valence-electron chi connectivity index (χ0n) is 17.9. The SMILES string of the molecule is Cc1ccc(O[C@@H]2CC[C@@H]3[C@H]4CC[C@@H]5CC(=O)CC[C@]5(C)[C@H]4CC[C@@]32C)cc1. The zero-order valence-corrected chi connectivity index (χ0v) is 17.9. The van der Waals surface area contributed by atoms with Crippen molar-refractivity contribution in [2.45, 2.75) is 84.7 Å². The Morgan fingerprint density at radius 3 is 2.43 bits per heavy atom. The molecule has 0 unspecified atom stereocenters. The van der Waals surface area contributed by atoms with Gasteiger partial charge >= 0.3 is 0 Å². The van der Waals surface area contributed by atoms with Crippen molar-refractivity contribution in [2.24, 2.45) is 34.5 Å². The van der Waals surface area contributed by atoms with Crippen LogP contribution in [0.15, 0.2) is 24.3 Å². The Labute approximate surface area is 170 Å². The van der Waals surface area contributed by atoms with Crippen LogP contribution in [0.3, 0.4) is 0 Å².